The van der Waals surface area contributed by atoms with Crippen LogP contribution in [0.25, 0.3) is 0 Å². The van der Waals surface area contributed by atoms with Crippen molar-refractivity contribution in [1.82, 2.24) is 5.32 Å². The molecule has 1 aliphatic heterocycles. The number of imide groups is 1. The van der Waals surface area contributed by atoms with Crippen LogP contribution < -0.4 is 5.32 Å². The molecule has 150 valence electrons. The third-order valence-corrected chi connectivity index (χ3v) is 6.84. The monoisotopic (exact) mass is 371 g/mol. The standard InChI is InChI=1S/C24H37NO2/c1-2-3-4-5-8-12-17-24-18-13-11-16-20(19-14-9-6-7-10-15-19)21(24)22(26)25-23(24)27/h14H,2-13,15-18H2,1H3,(H,25,26,27). The van der Waals surface area contributed by atoms with Crippen molar-refractivity contribution in [2.24, 2.45) is 5.41 Å². The quantitative estimate of drug-likeness (QED) is 0.411. The highest BCUT2D eigenvalue weighted by molar-refractivity contribution is 6.18. The average molecular weight is 372 g/mol. The summed E-state index contributed by atoms with van der Waals surface area (Å²) < 4.78 is 0. The summed E-state index contributed by atoms with van der Waals surface area (Å²) in [6.07, 6.45) is 20.5. The van der Waals surface area contributed by atoms with Crippen molar-refractivity contribution < 1.29 is 9.59 Å². The maximum absolute atomic E-state index is 13.0. The predicted octanol–water partition coefficient (Wildman–Crippen LogP) is 6.14. The molecule has 1 saturated heterocycles. The van der Waals surface area contributed by atoms with E-state index in [2.05, 4.69) is 18.3 Å². The number of fused-ring (bicyclic) bond motifs is 1. The first-order valence-corrected chi connectivity index (χ1v) is 11.5. The molecule has 27 heavy (non-hydrogen) atoms. The van der Waals surface area contributed by atoms with E-state index in [0.29, 0.717) is 0 Å². The summed E-state index contributed by atoms with van der Waals surface area (Å²) in [5.41, 5.74) is 2.94. The van der Waals surface area contributed by atoms with Crippen molar-refractivity contribution in [2.75, 3.05) is 0 Å². The smallest absolute Gasteiger partial charge is 0.255 e. The van der Waals surface area contributed by atoms with Crippen LogP contribution in [-0.2, 0) is 9.59 Å². The molecule has 3 heteroatoms. The number of nitrogens with one attached hydrogen (secondary N) is 1. The first-order chi connectivity index (χ1) is 13.2. The molecular formula is C24H37NO2. The van der Waals surface area contributed by atoms with Gasteiger partial charge in [-0.3, -0.25) is 14.9 Å². The van der Waals surface area contributed by atoms with Gasteiger partial charge in [0.2, 0.25) is 5.91 Å². The second-order valence-electron chi connectivity index (χ2n) is 8.77. The number of carbonyl (C=O) groups excluding carboxylic acids is 2. The predicted molar refractivity (Wildman–Crippen MR) is 110 cm³/mol. The summed E-state index contributed by atoms with van der Waals surface area (Å²) in [5, 5.41) is 2.71. The number of amides is 2. The molecule has 0 saturated carbocycles. The van der Waals surface area contributed by atoms with Crippen LogP contribution in [0.5, 0.6) is 0 Å². The highest BCUT2D eigenvalue weighted by atomic mass is 16.2. The summed E-state index contributed by atoms with van der Waals surface area (Å²) in [4.78, 5) is 25.8. The van der Waals surface area contributed by atoms with Gasteiger partial charge in [-0.2, -0.15) is 0 Å². The van der Waals surface area contributed by atoms with Crippen molar-refractivity contribution in [3.8, 4) is 0 Å². The van der Waals surface area contributed by atoms with Gasteiger partial charge in [0, 0.05) is 5.57 Å². The van der Waals surface area contributed by atoms with Crippen LogP contribution in [0.15, 0.2) is 22.8 Å². The summed E-state index contributed by atoms with van der Waals surface area (Å²) in [5.74, 6) is -0.0993. The third kappa shape index (κ3) is 4.55. The number of hydrogen-bond acceptors (Lipinski definition) is 2. The maximum atomic E-state index is 13.0. The Kier molecular flexibility index (Phi) is 7.32. The van der Waals surface area contributed by atoms with E-state index in [1.807, 2.05) is 0 Å². The summed E-state index contributed by atoms with van der Waals surface area (Å²) >= 11 is 0. The fourth-order valence-electron chi connectivity index (χ4n) is 5.31. The van der Waals surface area contributed by atoms with Crippen molar-refractivity contribution >= 4 is 11.8 Å². The van der Waals surface area contributed by atoms with Gasteiger partial charge in [-0.15, -0.1) is 0 Å². The SMILES string of the molecule is CCCCCCCCC12CCCCC(C3=CCCCCC3)=C1C(=O)NC2=O. The zero-order valence-electron chi connectivity index (χ0n) is 17.2. The van der Waals surface area contributed by atoms with Crippen molar-refractivity contribution in [3.05, 3.63) is 22.8 Å². The van der Waals surface area contributed by atoms with Crippen LogP contribution >= 0.6 is 0 Å². The topological polar surface area (TPSA) is 46.2 Å². The first-order valence-electron chi connectivity index (χ1n) is 11.5. The minimum absolute atomic E-state index is 0.00956. The van der Waals surface area contributed by atoms with Gasteiger partial charge in [0.25, 0.3) is 5.91 Å². The number of carbonyl (C=O) groups is 2. The molecule has 1 unspecified atom stereocenters. The van der Waals surface area contributed by atoms with Gasteiger partial charge in [-0.25, -0.2) is 0 Å². The fraction of sp³-hybridized carbons (Fsp3) is 0.750. The zero-order valence-corrected chi connectivity index (χ0v) is 17.2. The Morgan fingerprint density at radius 1 is 0.926 bits per heavy atom. The first kappa shape index (κ1) is 20.4. The lowest BCUT2D eigenvalue weighted by Gasteiger charge is -2.27. The van der Waals surface area contributed by atoms with E-state index in [4.69, 9.17) is 0 Å². The Morgan fingerprint density at radius 2 is 1.70 bits per heavy atom. The second-order valence-corrected chi connectivity index (χ2v) is 8.77. The van der Waals surface area contributed by atoms with E-state index < -0.39 is 5.41 Å². The van der Waals surface area contributed by atoms with Crippen LogP contribution in [0.4, 0.5) is 0 Å². The van der Waals surface area contributed by atoms with Crippen molar-refractivity contribution in [1.29, 1.82) is 0 Å². The van der Waals surface area contributed by atoms with Gasteiger partial charge in [0.1, 0.15) is 0 Å². The van der Waals surface area contributed by atoms with Gasteiger partial charge < -0.3 is 0 Å². The van der Waals surface area contributed by atoms with E-state index in [0.717, 1.165) is 56.9 Å². The molecule has 1 atom stereocenters. The Labute approximate surface area is 165 Å². The molecule has 3 rings (SSSR count). The van der Waals surface area contributed by atoms with E-state index in [-0.39, 0.29) is 11.8 Å². The van der Waals surface area contributed by atoms with Gasteiger partial charge >= 0.3 is 0 Å². The summed E-state index contributed by atoms with van der Waals surface area (Å²) in [7, 11) is 0. The molecule has 0 aromatic rings. The molecule has 0 aromatic heterocycles. The van der Waals surface area contributed by atoms with Gasteiger partial charge in [-0.1, -0.05) is 64.4 Å². The van der Waals surface area contributed by atoms with Crippen LogP contribution in [0.3, 0.4) is 0 Å². The maximum Gasteiger partial charge on any atom is 0.255 e. The van der Waals surface area contributed by atoms with Gasteiger partial charge in [0.15, 0.2) is 0 Å². The van der Waals surface area contributed by atoms with Crippen LogP contribution in [-0.4, -0.2) is 11.8 Å². The molecule has 0 radical (unpaired) electrons. The highest BCUT2D eigenvalue weighted by Gasteiger charge is 2.52. The number of unbranched alkanes of at least 4 members (excludes halogenated alkanes) is 5. The molecule has 0 spiro atoms. The molecule has 3 nitrogen and oxygen atoms in total. The molecule has 0 bridgehead atoms. The summed E-state index contributed by atoms with van der Waals surface area (Å²) in [6, 6.07) is 0. The molecular weight excluding hydrogens is 334 g/mol. The molecule has 0 aromatic carbocycles. The molecule has 2 amide bonds. The second kappa shape index (κ2) is 9.71. The molecule has 1 fully saturated rings. The van der Waals surface area contributed by atoms with E-state index in [1.165, 1.54) is 62.5 Å². The molecule has 3 aliphatic rings. The fourth-order valence-corrected chi connectivity index (χ4v) is 5.31. The van der Waals surface area contributed by atoms with Crippen LogP contribution in [0.2, 0.25) is 0 Å². The minimum Gasteiger partial charge on any atom is -0.292 e. The Bertz CT molecular complexity index is 616. The molecule has 1 N–H and O–H groups in total. The zero-order chi connectivity index (χ0) is 19.1. The average Bonchev–Trinajstić information content (AvgIpc) is 2.92. The van der Waals surface area contributed by atoms with Crippen LogP contribution in [0, 0.1) is 5.41 Å². The molecule has 2 aliphatic carbocycles. The largest absolute Gasteiger partial charge is 0.292 e. The van der Waals surface area contributed by atoms with E-state index in [9.17, 15) is 9.59 Å². The molecule has 1 heterocycles. The Hall–Kier alpha value is -1.38. The third-order valence-electron chi connectivity index (χ3n) is 6.84. The summed E-state index contributed by atoms with van der Waals surface area (Å²) in [6.45, 7) is 2.24. The Morgan fingerprint density at radius 3 is 2.56 bits per heavy atom. The van der Waals surface area contributed by atoms with E-state index >= 15 is 0 Å². The van der Waals surface area contributed by atoms with Gasteiger partial charge in [0.05, 0.1) is 5.41 Å². The Balaban J connectivity index is 1.84. The normalized spacial score (nSPS) is 26.3. The van der Waals surface area contributed by atoms with Crippen molar-refractivity contribution in [2.45, 2.75) is 110 Å². The van der Waals surface area contributed by atoms with Crippen LogP contribution in [0.1, 0.15) is 110 Å². The number of hydrogen-bond donors (Lipinski definition) is 1. The van der Waals surface area contributed by atoms with E-state index in [1.54, 1.807) is 0 Å². The minimum atomic E-state index is -0.541. The lowest BCUT2D eigenvalue weighted by Crippen LogP contribution is -2.32. The lowest BCUT2D eigenvalue weighted by atomic mass is 9.72. The number of rotatable bonds is 8. The van der Waals surface area contributed by atoms with Gasteiger partial charge in [-0.05, 0) is 62.5 Å². The lowest BCUT2D eigenvalue weighted by molar-refractivity contribution is -0.129. The van der Waals surface area contributed by atoms with Crippen molar-refractivity contribution in [3.63, 3.8) is 0 Å². The highest BCUT2D eigenvalue weighted by Crippen LogP contribution is 2.49. The number of allylic oxidation sites excluding steroid dienone is 3.